The standard InChI is InChI=1S/C12H15ClN6/c13-10-16-11(15-5-1-2-9-3-4-9)18-12(17-10)19-7-6-14-8-19/h6-9H,1-5H2,(H,15,16,17,18). The average molecular weight is 279 g/mol. The Morgan fingerprint density at radius 1 is 1.32 bits per heavy atom. The summed E-state index contributed by atoms with van der Waals surface area (Å²) in [5.41, 5.74) is 0. The molecule has 3 rings (SSSR count). The molecule has 0 spiro atoms. The highest BCUT2D eigenvalue weighted by Crippen LogP contribution is 2.33. The molecule has 1 N–H and O–H groups in total. The van der Waals surface area contributed by atoms with Crippen LogP contribution < -0.4 is 5.32 Å². The number of anilines is 1. The summed E-state index contributed by atoms with van der Waals surface area (Å²) in [6.45, 7) is 0.861. The molecule has 0 unspecified atom stereocenters. The zero-order valence-electron chi connectivity index (χ0n) is 10.5. The SMILES string of the molecule is Clc1nc(NCCCC2CC2)nc(-n2ccnc2)n1. The van der Waals surface area contributed by atoms with Crippen LogP contribution in [0.3, 0.4) is 0 Å². The molecule has 0 aromatic carbocycles. The molecule has 0 amide bonds. The fraction of sp³-hybridized carbons (Fsp3) is 0.500. The van der Waals surface area contributed by atoms with Crippen LogP contribution in [0.5, 0.6) is 0 Å². The monoisotopic (exact) mass is 278 g/mol. The van der Waals surface area contributed by atoms with Gasteiger partial charge in [0.05, 0.1) is 0 Å². The second-order valence-corrected chi connectivity index (χ2v) is 5.05. The molecule has 0 atom stereocenters. The van der Waals surface area contributed by atoms with E-state index in [2.05, 4.69) is 25.3 Å². The number of rotatable bonds is 6. The van der Waals surface area contributed by atoms with Crippen LogP contribution >= 0.6 is 11.6 Å². The van der Waals surface area contributed by atoms with Gasteiger partial charge in [0.25, 0.3) is 0 Å². The molecule has 19 heavy (non-hydrogen) atoms. The average Bonchev–Trinajstić information content (AvgIpc) is 3.05. The van der Waals surface area contributed by atoms with Gasteiger partial charge < -0.3 is 5.32 Å². The number of imidazole rings is 1. The lowest BCUT2D eigenvalue weighted by atomic mass is 10.2. The smallest absolute Gasteiger partial charge is 0.241 e. The summed E-state index contributed by atoms with van der Waals surface area (Å²) in [7, 11) is 0. The van der Waals surface area contributed by atoms with Crippen LogP contribution in [0.15, 0.2) is 18.7 Å². The van der Waals surface area contributed by atoms with Gasteiger partial charge in [-0.15, -0.1) is 0 Å². The Kier molecular flexibility index (Phi) is 3.59. The van der Waals surface area contributed by atoms with Gasteiger partial charge in [-0.3, -0.25) is 4.57 Å². The number of hydrogen-bond acceptors (Lipinski definition) is 5. The van der Waals surface area contributed by atoms with Crippen molar-refractivity contribution in [3.8, 4) is 5.95 Å². The first-order valence-electron chi connectivity index (χ1n) is 6.45. The van der Waals surface area contributed by atoms with Crippen LogP contribution in [-0.4, -0.2) is 31.0 Å². The third kappa shape index (κ3) is 3.41. The van der Waals surface area contributed by atoms with Crippen molar-refractivity contribution in [1.29, 1.82) is 0 Å². The minimum Gasteiger partial charge on any atom is -0.354 e. The van der Waals surface area contributed by atoms with Crippen molar-refractivity contribution in [3.63, 3.8) is 0 Å². The van der Waals surface area contributed by atoms with E-state index in [0.717, 1.165) is 18.9 Å². The molecule has 0 saturated heterocycles. The summed E-state index contributed by atoms with van der Waals surface area (Å²) in [5.74, 6) is 1.94. The van der Waals surface area contributed by atoms with Gasteiger partial charge in [-0.2, -0.15) is 15.0 Å². The fourth-order valence-corrected chi connectivity index (χ4v) is 2.06. The Hall–Kier alpha value is -1.69. The number of nitrogens with one attached hydrogen (secondary N) is 1. The van der Waals surface area contributed by atoms with Crippen molar-refractivity contribution < 1.29 is 0 Å². The third-order valence-corrected chi connectivity index (χ3v) is 3.27. The second kappa shape index (κ2) is 5.52. The van der Waals surface area contributed by atoms with E-state index in [0.29, 0.717) is 11.9 Å². The third-order valence-electron chi connectivity index (χ3n) is 3.10. The van der Waals surface area contributed by atoms with Gasteiger partial charge in [-0.25, -0.2) is 4.98 Å². The largest absolute Gasteiger partial charge is 0.354 e. The maximum absolute atomic E-state index is 5.90. The van der Waals surface area contributed by atoms with Crippen LogP contribution in [0.4, 0.5) is 5.95 Å². The van der Waals surface area contributed by atoms with Crippen LogP contribution in [0.25, 0.3) is 5.95 Å². The summed E-state index contributed by atoms with van der Waals surface area (Å²) in [4.78, 5) is 16.4. The highest BCUT2D eigenvalue weighted by Gasteiger charge is 2.20. The van der Waals surface area contributed by atoms with E-state index < -0.39 is 0 Å². The molecule has 100 valence electrons. The van der Waals surface area contributed by atoms with Crippen LogP contribution in [-0.2, 0) is 0 Å². The normalized spacial score (nSPS) is 14.6. The van der Waals surface area contributed by atoms with Gasteiger partial charge in [0.1, 0.15) is 6.33 Å². The number of halogens is 1. The van der Waals surface area contributed by atoms with Crippen molar-refractivity contribution in [3.05, 3.63) is 24.0 Å². The second-order valence-electron chi connectivity index (χ2n) is 4.71. The molecule has 2 aromatic heterocycles. The summed E-state index contributed by atoms with van der Waals surface area (Å²) in [5, 5.41) is 3.37. The molecule has 7 heteroatoms. The molecule has 2 aromatic rings. The summed E-state index contributed by atoms with van der Waals surface area (Å²) in [6.07, 6.45) is 10.3. The molecule has 0 bridgehead atoms. The van der Waals surface area contributed by atoms with Crippen molar-refractivity contribution in [2.45, 2.75) is 25.7 Å². The van der Waals surface area contributed by atoms with Gasteiger partial charge in [0.2, 0.25) is 17.2 Å². The van der Waals surface area contributed by atoms with Crippen LogP contribution in [0.1, 0.15) is 25.7 Å². The van der Waals surface area contributed by atoms with E-state index in [1.807, 2.05) is 0 Å². The molecule has 6 nitrogen and oxygen atoms in total. The van der Waals surface area contributed by atoms with Crippen molar-refractivity contribution in [2.24, 2.45) is 5.92 Å². The zero-order chi connectivity index (χ0) is 13.1. The maximum Gasteiger partial charge on any atom is 0.241 e. The summed E-state index contributed by atoms with van der Waals surface area (Å²) >= 11 is 5.90. The predicted octanol–water partition coefficient (Wildman–Crippen LogP) is 2.31. The number of nitrogens with zero attached hydrogens (tertiary/aromatic N) is 5. The Bertz CT molecular complexity index is 537. The van der Waals surface area contributed by atoms with E-state index in [1.165, 1.54) is 19.3 Å². The predicted molar refractivity (Wildman–Crippen MR) is 72.4 cm³/mol. The lowest BCUT2D eigenvalue weighted by Crippen LogP contribution is -2.09. The summed E-state index contributed by atoms with van der Waals surface area (Å²) < 4.78 is 1.70. The van der Waals surface area contributed by atoms with Gasteiger partial charge in [0.15, 0.2) is 0 Å². The Balaban J connectivity index is 1.63. The van der Waals surface area contributed by atoms with Crippen molar-refractivity contribution >= 4 is 17.5 Å². The molecule has 1 aliphatic carbocycles. The molecule has 2 heterocycles. The van der Waals surface area contributed by atoms with Gasteiger partial charge in [-0.05, 0) is 30.4 Å². The van der Waals surface area contributed by atoms with Gasteiger partial charge >= 0.3 is 0 Å². The molecule has 1 fully saturated rings. The highest BCUT2D eigenvalue weighted by atomic mass is 35.5. The summed E-state index contributed by atoms with van der Waals surface area (Å²) in [6, 6.07) is 0. The molecular formula is C12H15ClN6. The Labute approximate surface area is 116 Å². The number of hydrogen-bond donors (Lipinski definition) is 1. The lowest BCUT2D eigenvalue weighted by Gasteiger charge is -2.06. The quantitative estimate of drug-likeness (QED) is 0.821. The molecule has 0 aliphatic heterocycles. The zero-order valence-corrected chi connectivity index (χ0v) is 11.2. The van der Waals surface area contributed by atoms with Crippen LogP contribution in [0, 0.1) is 5.92 Å². The Morgan fingerprint density at radius 3 is 2.95 bits per heavy atom. The first-order chi connectivity index (χ1) is 9.31. The van der Waals surface area contributed by atoms with Crippen molar-refractivity contribution in [1.82, 2.24) is 24.5 Å². The van der Waals surface area contributed by atoms with Gasteiger partial charge in [0, 0.05) is 18.9 Å². The van der Waals surface area contributed by atoms with E-state index in [1.54, 1.807) is 23.3 Å². The van der Waals surface area contributed by atoms with E-state index >= 15 is 0 Å². The minimum atomic E-state index is 0.184. The number of aromatic nitrogens is 5. The fourth-order valence-electron chi connectivity index (χ4n) is 1.91. The molecule has 1 aliphatic rings. The topological polar surface area (TPSA) is 68.5 Å². The highest BCUT2D eigenvalue weighted by molar-refractivity contribution is 6.28. The maximum atomic E-state index is 5.90. The molecular weight excluding hydrogens is 264 g/mol. The van der Waals surface area contributed by atoms with E-state index in [4.69, 9.17) is 11.6 Å². The first kappa shape index (κ1) is 12.3. The minimum absolute atomic E-state index is 0.184. The molecule has 0 radical (unpaired) electrons. The van der Waals surface area contributed by atoms with E-state index in [9.17, 15) is 0 Å². The lowest BCUT2D eigenvalue weighted by molar-refractivity contribution is 0.684. The first-order valence-corrected chi connectivity index (χ1v) is 6.83. The van der Waals surface area contributed by atoms with E-state index in [-0.39, 0.29) is 5.28 Å². The Morgan fingerprint density at radius 2 is 2.21 bits per heavy atom. The van der Waals surface area contributed by atoms with Crippen LogP contribution in [0.2, 0.25) is 5.28 Å². The van der Waals surface area contributed by atoms with Gasteiger partial charge in [-0.1, -0.05) is 12.8 Å². The van der Waals surface area contributed by atoms with Crippen molar-refractivity contribution in [2.75, 3.05) is 11.9 Å². The molecule has 1 saturated carbocycles.